The van der Waals surface area contributed by atoms with E-state index in [0.717, 1.165) is 25.3 Å². The van der Waals surface area contributed by atoms with E-state index in [2.05, 4.69) is 11.4 Å². The van der Waals surface area contributed by atoms with Crippen molar-refractivity contribution in [1.82, 2.24) is 0 Å². The van der Waals surface area contributed by atoms with E-state index >= 15 is 0 Å². The minimum Gasteiger partial charge on any atom is -0.493 e. The second-order valence-corrected chi connectivity index (χ2v) is 4.70. The van der Waals surface area contributed by atoms with Crippen molar-refractivity contribution in [2.75, 3.05) is 13.2 Å². The molecule has 20 heavy (non-hydrogen) atoms. The predicted molar refractivity (Wildman–Crippen MR) is 78.2 cm³/mol. The van der Waals surface area contributed by atoms with Crippen LogP contribution in [0.4, 0.5) is 4.39 Å². The third kappa shape index (κ3) is 4.35. The fourth-order valence-electron chi connectivity index (χ4n) is 2.15. The van der Waals surface area contributed by atoms with Crippen molar-refractivity contribution in [2.45, 2.75) is 19.9 Å². The zero-order valence-corrected chi connectivity index (χ0v) is 11.8. The molecule has 0 unspecified atom stereocenters. The fraction of sp³-hybridized carbons (Fsp3) is 0.294. The first-order chi connectivity index (χ1) is 9.79. The van der Waals surface area contributed by atoms with Crippen LogP contribution < -0.4 is 10.1 Å². The lowest BCUT2D eigenvalue weighted by Gasteiger charge is -2.09. The summed E-state index contributed by atoms with van der Waals surface area (Å²) in [5, 5.41) is 2.25. The van der Waals surface area contributed by atoms with E-state index in [9.17, 15) is 4.39 Å². The number of halogens is 1. The highest BCUT2D eigenvalue weighted by atomic mass is 19.1. The normalized spacial score (nSPS) is 10.5. The smallest absolute Gasteiger partial charge is 0.128 e. The largest absolute Gasteiger partial charge is 0.493 e. The van der Waals surface area contributed by atoms with Gasteiger partial charge in [-0.1, -0.05) is 24.3 Å². The van der Waals surface area contributed by atoms with Gasteiger partial charge in [0.2, 0.25) is 0 Å². The molecule has 3 heteroatoms. The molecule has 0 heterocycles. The third-order valence-corrected chi connectivity index (χ3v) is 3.19. The van der Waals surface area contributed by atoms with Crippen LogP contribution in [0, 0.1) is 5.82 Å². The van der Waals surface area contributed by atoms with E-state index in [1.54, 1.807) is 0 Å². The molecule has 0 spiro atoms. The maximum absolute atomic E-state index is 12.8. The summed E-state index contributed by atoms with van der Waals surface area (Å²) in [7, 11) is 0. The number of para-hydroxylation sites is 1. The first-order valence-corrected chi connectivity index (χ1v) is 7.06. The zero-order chi connectivity index (χ0) is 14.2. The molecule has 0 aliphatic rings. The molecule has 0 atom stereocenters. The van der Waals surface area contributed by atoms with Crippen LogP contribution in [0.1, 0.15) is 18.1 Å². The SMILES string of the molecule is CCOc1ccccc1C[NH2+]CCc1ccc(F)cc1. The Hall–Kier alpha value is -1.87. The molecule has 0 saturated heterocycles. The van der Waals surface area contributed by atoms with Crippen molar-refractivity contribution in [3.8, 4) is 5.75 Å². The molecule has 0 fully saturated rings. The molecule has 2 aromatic rings. The van der Waals surface area contributed by atoms with E-state index in [4.69, 9.17) is 4.74 Å². The van der Waals surface area contributed by atoms with Gasteiger partial charge in [-0.15, -0.1) is 0 Å². The Morgan fingerprint density at radius 2 is 1.80 bits per heavy atom. The quantitative estimate of drug-likeness (QED) is 0.771. The van der Waals surface area contributed by atoms with Crippen LogP contribution in [0.5, 0.6) is 5.75 Å². The van der Waals surface area contributed by atoms with Gasteiger partial charge in [0.15, 0.2) is 0 Å². The predicted octanol–water partition coefficient (Wildman–Crippen LogP) is 2.53. The topological polar surface area (TPSA) is 25.8 Å². The molecular weight excluding hydrogens is 253 g/mol. The Balaban J connectivity index is 1.79. The average molecular weight is 274 g/mol. The summed E-state index contributed by atoms with van der Waals surface area (Å²) in [6.07, 6.45) is 0.942. The summed E-state index contributed by atoms with van der Waals surface area (Å²) in [6.45, 7) is 4.56. The first kappa shape index (κ1) is 14.5. The van der Waals surface area contributed by atoms with Gasteiger partial charge in [0.25, 0.3) is 0 Å². The van der Waals surface area contributed by atoms with Gasteiger partial charge in [-0.2, -0.15) is 0 Å². The number of rotatable bonds is 7. The van der Waals surface area contributed by atoms with Gasteiger partial charge in [-0.05, 0) is 36.8 Å². The van der Waals surface area contributed by atoms with Gasteiger partial charge in [0, 0.05) is 12.0 Å². The summed E-state index contributed by atoms with van der Waals surface area (Å²) in [5.41, 5.74) is 2.38. The maximum atomic E-state index is 12.8. The van der Waals surface area contributed by atoms with Gasteiger partial charge < -0.3 is 10.1 Å². The second-order valence-electron chi connectivity index (χ2n) is 4.70. The molecule has 2 N–H and O–H groups in total. The number of nitrogens with two attached hydrogens (primary N) is 1. The molecule has 0 bridgehead atoms. The number of hydrogen-bond donors (Lipinski definition) is 1. The Labute approximate surface area is 119 Å². The van der Waals surface area contributed by atoms with Crippen LogP contribution in [0.2, 0.25) is 0 Å². The first-order valence-electron chi connectivity index (χ1n) is 7.06. The second kappa shape index (κ2) is 7.65. The molecule has 0 aliphatic carbocycles. The summed E-state index contributed by atoms with van der Waals surface area (Å²) < 4.78 is 18.4. The van der Waals surface area contributed by atoms with Crippen molar-refractivity contribution in [3.63, 3.8) is 0 Å². The monoisotopic (exact) mass is 274 g/mol. The lowest BCUT2D eigenvalue weighted by atomic mass is 10.1. The van der Waals surface area contributed by atoms with Crippen LogP contribution in [0.25, 0.3) is 0 Å². The summed E-state index contributed by atoms with van der Waals surface area (Å²) in [6, 6.07) is 14.8. The Morgan fingerprint density at radius 3 is 2.55 bits per heavy atom. The van der Waals surface area contributed by atoms with Crippen LogP contribution in [0.3, 0.4) is 0 Å². The Morgan fingerprint density at radius 1 is 1.05 bits per heavy atom. The molecule has 2 aromatic carbocycles. The molecule has 106 valence electrons. The van der Waals surface area contributed by atoms with E-state index in [-0.39, 0.29) is 5.82 Å². The Bertz CT molecular complexity index is 525. The van der Waals surface area contributed by atoms with Crippen molar-refractivity contribution in [3.05, 3.63) is 65.5 Å². The number of ether oxygens (including phenoxy) is 1. The average Bonchev–Trinajstić information content (AvgIpc) is 2.47. The Kier molecular flexibility index (Phi) is 5.56. The highest BCUT2D eigenvalue weighted by molar-refractivity contribution is 5.32. The van der Waals surface area contributed by atoms with E-state index < -0.39 is 0 Å². The zero-order valence-electron chi connectivity index (χ0n) is 11.8. The summed E-state index contributed by atoms with van der Waals surface area (Å²) in [4.78, 5) is 0. The van der Waals surface area contributed by atoms with Crippen molar-refractivity contribution in [2.24, 2.45) is 0 Å². The molecule has 2 rings (SSSR count). The van der Waals surface area contributed by atoms with Gasteiger partial charge in [-0.3, -0.25) is 0 Å². The minimum atomic E-state index is -0.177. The van der Waals surface area contributed by atoms with E-state index in [1.165, 1.54) is 23.3 Å². The van der Waals surface area contributed by atoms with Crippen molar-refractivity contribution < 1.29 is 14.4 Å². The highest BCUT2D eigenvalue weighted by Crippen LogP contribution is 2.16. The van der Waals surface area contributed by atoms with E-state index in [0.29, 0.717) is 6.61 Å². The van der Waals surface area contributed by atoms with Gasteiger partial charge in [0.1, 0.15) is 18.1 Å². The summed E-state index contributed by atoms with van der Waals surface area (Å²) in [5.74, 6) is 0.788. The molecule has 0 radical (unpaired) electrons. The van der Waals surface area contributed by atoms with Crippen LogP contribution in [-0.4, -0.2) is 13.2 Å². The van der Waals surface area contributed by atoms with Crippen LogP contribution in [0.15, 0.2) is 48.5 Å². The fourth-order valence-corrected chi connectivity index (χ4v) is 2.15. The maximum Gasteiger partial charge on any atom is 0.128 e. The van der Waals surface area contributed by atoms with Crippen LogP contribution >= 0.6 is 0 Å². The third-order valence-electron chi connectivity index (χ3n) is 3.19. The molecule has 0 amide bonds. The lowest BCUT2D eigenvalue weighted by molar-refractivity contribution is -0.670. The van der Waals surface area contributed by atoms with Gasteiger partial charge >= 0.3 is 0 Å². The van der Waals surface area contributed by atoms with Crippen molar-refractivity contribution >= 4 is 0 Å². The standard InChI is InChI=1S/C17H20FNO/c1-2-20-17-6-4-3-5-15(17)13-19-12-11-14-7-9-16(18)10-8-14/h3-10,19H,2,11-13H2,1H3/p+1. The molecular formula is C17H21FNO+. The van der Waals surface area contributed by atoms with Crippen molar-refractivity contribution in [1.29, 1.82) is 0 Å². The van der Waals surface area contributed by atoms with Crippen LogP contribution in [-0.2, 0) is 13.0 Å². The number of hydrogen-bond acceptors (Lipinski definition) is 1. The molecule has 0 aromatic heterocycles. The highest BCUT2D eigenvalue weighted by Gasteiger charge is 2.04. The molecule has 2 nitrogen and oxygen atoms in total. The number of quaternary nitrogens is 1. The summed E-state index contributed by atoms with van der Waals surface area (Å²) >= 11 is 0. The number of benzene rings is 2. The lowest BCUT2D eigenvalue weighted by Crippen LogP contribution is -2.83. The van der Waals surface area contributed by atoms with Gasteiger partial charge in [-0.25, -0.2) is 4.39 Å². The van der Waals surface area contributed by atoms with E-state index in [1.807, 2.05) is 37.3 Å². The minimum absolute atomic E-state index is 0.177. The molecule has 0 saturated carbocycles. The van der Waals surface area contributed by atoms with Gasteiger partial charge in [0.05, 0.1) is 13.2 Å². The molecule has 0 aliphatic heterocycles.